The lowest BCUT2D eigenvalue weighted by Gasteiger charge is -2.43. The van der Waals surface area contributed by atoms with E-state index in [0.717, 1.165) is 0 Å². The monoisotopic (exact) mass is 921 g/mol. The van der Waals surface area contributed by atoms with E-state index in [2.05, 4.69) is 0 Å². The topological polar surface area (TPSA) is 0 Å². The first-order chi connectivity index (χ1) is 23.6. The summed E-state index contributed by atoms with van der Waals surface area (Å²) in [6.45, 7) is -0.177. The number of rotatable bonds is 18. The van der Waals surface area contributed by atoms with Crippen LogP contribution in [0.4, 0.5) is 149 Å². The molecule has 0 aliphatic carbocycles. The molecule has 0 saturated carbocycles. The highest BCUT2D eigenvalue weighted by molar-refractivity contribution is 5.17. The van der Waals surface area contributed by atoms with Gasteiger partial charge in [-0.25, -0.2) is 0 Å². The van der Waals surface area contributed by atoms with Crippen molar-refractivity contribution in [1.29, 1.82) is 0 Å². The molecule has 0 saturated heterocycles. The first-order valence-corrected chi connectivity index (χ1v) is 12.8. The quantitative estimate of drug-likeness (QED) is 0.120. The van der Waals surface area contributed by atoms with Gasteiger partial charge in [-0.15, -0.1) is 0 Å². The van der Waals surface area contributed by atoms with Crippen LogP contribution >= 0.6 is 0 Å². The highest BCUT2D eigenvalue weighted by Crippen LogP contribution is 2.66. The molecule has 0 fully saturated rings. The van der Waals surface area contributed by atoms with Crippen molar-refractivity contribution in [2.45, 2.75) is 128 Å². The molecule has 34 heteroatoms. The van der Waals surface area contributed by atoms with Gasteiger partial charge in [-0.05, 0) is 18.8 Å². The second-order valence-electron chi connectivity index (χ2n) is 11.3. The zero-order valence-electron chi connectivity index (χ0n) is 25.2. The van der Waals surface area contributed by atoms with Crippen LogP contribution in [0, 0.1) is 5.92 Å². The smallest absolute Gasteiger partial charge is 0.200 e. The van der Waals surface area contributed by atoms with Gasteiger partial charge in [0, 0.05) is 12.8 Å². The van der Waals surface area contributed by atoms with E-state index in [1.807, 2.05) is 0 Å². The van der Waals surface area contributed by atoms with E-state index in [0.29, 0.717) is 0 Å². The standard InChI is InChI=1S/C22H11F34/c1-6(2-4-7(23,24)9(27,28)11(31,32)13(35,36)15(39,40)17(43,44)19(47,48)21(51,52)53)3-5-8(25,26)10(29,30)12(33,34)14(37,38)16(41,42)18(45,46)20(49,50)22(54,55)56/h2-5H2,1H3. The summed E-state index contributed by atoms with van der Waals surface area (Å²) >= 11 is 0. The molecular formula is C22H11F34. The Morgan fingerprint density at radius 1 is 0.232 bits per heavy atom. The predicted octanol–water partition coefficient (Wildman–Crippen LogP) is 13.2. The zero-order valence-corrected chi connectivity index (χ0v) is 25.2. The third-order valence-electron chi connectivity index (χ3n) is 7.31. The van der Waals surface area contributed by atoms with Crippen LogP contribution in [0.2, 0.25) is 0 Å². The maximum Gasteiger partial charge on any atom is 0.460 e. The first-order valence-electron chi connectivity index (χ1n) is 12.8. The van der Waals surface area contributed by atoms with Crippen LogP contribution in [-0.4, -0.2) is 95.3 Å². The third kappa shape index (κ3) is 7.19. The Kier molecular flexibility index (Phi) is 13.3. The van der Waals surface area contributed by atoms with Crippen molar-refractivity contribution in [2.24, 2.45) is 0 Å². The van der Waals surface area contributed by atoms with Crippen LogP contribution in [0.1, 0.15) is 32.6 Å². The third-order valence-corrected chi connectivity index (χ3v) is 7.31. The summed E-state index contributed by atoms with van der Waals surface area (Å²) in [4.78, 5) is 0. The summed E-state index contributed by atoms with van der Waals surface area (Å²) in [5.41, 5.74) is 0. The summed E-state index contributed by atoms with van der Waals surface area (Å²) in [6.07, 6.45) is -28.2. The molecule has 0 aromatic carbocycles. The van der Waals surface area contributed by atoms with Crippen LogP contribution in [-0.2, 0) is 0 Å². The molecular weight excluding hydrogens is 910 g/mol. The molecule has 0 N–H and O–H groups in total. The van der Waals surface area contributed by atoms with Crippen molar-refractivity contribution in [3.8, 4) is 0 Å². The van der Waals surface area contributed by atoms with E-state index >= 15 is 0 Å². The minimum absolute atomic E-state index is 0.177. The second-order valence-corrected chi connectivity index (χ2v) is 11.3. The number of alkyl halides is 34. The minimum atomic E-state index is -9.08. The van der Waals surface area contributed by atoms with E-state index in [9.17, 15) is 149 Å². The lowest BCUT2D eigenvalue weighted by molar-refractivity contribution is -0.462. The average Bonchev–Trinajstić information content (AvgIpc) is 2.96. The van der Waals surface area contributed by atoms with Gasteiger partial charge in [0.1, 0.15) is 0 Å². The van der Waals surface area contributed by atoms with Crippen LogP contribution in [0.15, 0.2) is 0 Å². The molecule has 0 unspecified atom stereocenters. The van der Waals surface area contributed by atoms with Gasteiger partial charge in [-0.3, -0.25) is 0 Å². The maximum atomic E-state index is 14.0. The van der Waals surface area contributed by atoms with Gasteiger partial charge < -0.3 is 0 Å². The first kappa shape index (κ1) is 53.6. The molecule has 56 heavy (non-hydrogen) atoms. The molecule has 0 bridgehead atoms. The Labute approximate surface area is 284 Å². The van der Waals surface area contributed by atoms with Gasteiger partial charge in [0.15, 0.2) is 0 Å². The summed E-state index contributed by atoms with van der Waals surface area (Å²) in [5, 5.41) is 0. The fraction of sp³-hybridized carbons (Fsp3) is 0.955. The van der Waals surface area contributed by atoms with E-state index in [1.165, 1.54) is 0 Å². The maximum absolute atomic E-state index is 14.0. The summed E-state index contributed by atoms with van der Waals surface area (Å²) < 4.78 is 452. The molecule has 1 radical (unpaired) electrons. The summed E-state index contributed by atoms with van der Waals surface area (Å²) in [7, 11) is 0. The van der Waals surface area contributed by atoms with E-state index in [-0.39, 0.29) is 6.92 Å². The highest BCUT2D eigenvalue weighted by atomic mass is 19.4. The van der Waals surface area contributed by atoms with Gasteiger partial charge >= 0.3 is 95.3 Å². The predicted molar refractivity (Wildman–Crippen MR) is 109 cm³/mol. The molecule has 0 aromatic heterocycles. The van der Waals surface area contributed by atoms with Crippen LogP contribution in [0.5, 0.6) is 0 Å². The molecule has 0 aliphatic heterocycles. The van der Waals surface area contributed by atoms with E-state index in [1.54, 1.807) is 0 Å². The highest BCUT2D eigenvalue weighted by Gasteiger charge is 2.96. The van der Waals surface area contributed by atoms with Crippen molar-refractivity contribution in [1.82, 2.24) is 0 Å². The lowest BCUT2D eigenvalue weighted by atomic mass is 9.85. The van der Waals surface area contributed by atoms with Gasteiger partial charge in [0.25, 0.3) is 0 Å². The summed E-state index contributed by atoms with van der Waals surface area (Å²) in [5.74, 6) is -122. The van der Waals surface area contributed by atoms with Crippen molar-refractivity contribution in [3.05, 3.63) is 5.92 Å². The molecule has 0 heterocycles. The van der Waals surface area contributed by atoms with Crippen LogP contribution in [0.3, 0.4) is 0 Å². The van der Waals surface area contributed by atoms with Crippen molar-refractivity contribution >= 4 is 0 Å². The molecule has 0 nitrogen and oxygen atoms in total. The van der Waals surface area contributed by atoms with Crippen molar-refractivity contribution < 1.29 is 149 Å². The van der Waals surface area contributed by atoms with Gasteiger partial charge in [-0.2, -0.15) is 149 Å². The van der Waals surface area contributed by atoms with Gasteiger partial charge in [0.05, 0.1) is 0 Å². The Balaban J connectivity index is 6.49. The van der Waals surface area contributed by atoms with Gasteiger partial charge in [0.2, 0.25) is 0 Å². The Bertz CT molecular complexity index is 1250. The second kappa shape index (κ2) is 13.8. The van der Waals surface area contributed by atoms with Crippen molar-refractivity contribution in [2.75, 3.05) is 0 Å². The van der Waals surface area contributed by atoms with Crippen LogP contribution in [0.25, 0.3) is 0 Å². The number of halogens is 34. The van der Waals surface area contributed by atoms with E-state index < -0.39 is 127 Å². The lowest BCUT2D eigenvalue weighted by Crippen LogP contribution is -2.74. The van der Waals surface area contributed by atoms with Crippen molar-refractivity contribution in [3.63, 3.8) is 0 Å². The van der Waals surface area contributed by atoms with E-state index in [4.69, 9.17) is 0 Å². The fourth-order valence-corrected chi connectivity index (χ4v) is 3.57. The molecule has 0 aliphatic rings. The molecule has 0 rings (SSSR count). The largest absolute Gasteiger partial charge is 0.460 e. The van der Waals surface area contributed by atoms with Crippen LogP contribution < -0.4 is 0 Å². The molecule has 0 atom stereocenters. The van der Waals surface area contributed by atoms with Gasteiger partial charge in [-0.1, -0.05) is 6.92 Å². The fourth-order valence-electron chi connectivity index (χ4n) is 3.57. The Hall–Kier alpha value is -2.38. The molecule has 0 amide bonds. The average molecular weight is 921 g/mol. The molecule has 0 aromatic rings. The number of hydrogen-bond donors (Lipinski definition) is 0. The number of hydrogen-bond acceptors (Lipinski definition) is 0. The normalized spacial score (nSPS) is 16.9. The molecule has 0 spiro atoms. The molecule has 337 valence electrons. The SMILES string of the molecule is C[C](CCC(F)(F)C(F)(F)C(F)(F)C(F)(F)C(F)(F)C(F)(F)C(F)(F)C(F)(F)F)CCC(F)(F)C(F)(F)C(F)(F)C(F)(F)C(F)(F)C(F)(F)C(F)(F)C(F)(F)F. The summed E-state index contributed by atoms with van der Waals surface area (Å²) in [6, 6.07) is 0. The zero-order chi connectivity index (χ0) is 46.4. The minimum Gasteiger partial charge on any atom is -0.200 e. The Morgan fingerprint density at radius 3 is 0.536 bits per heavy atom. The Morgan fingerprint density at radius 2 is 0.375 bits per heavy atom.